The van der Waals surface area contributed by atoms with Crippen LogP contribution >= 0.6 is 0 Å². The third-order valence-corrected chi connectivity index (χ3v) is 5.43. The highest BCUT2D eigenvalue weighted by molar-refractivity contribution is 7.86. The van der Waals surface area contributed by atoms with Gasteiger partial charge in [-0.1, -0.05) is 31.9 Å². The van der Waals surface area contributed by atoms with Gasteiger partial charge in [-0.25, -0.2) is 4.39 Å². The fraction of sp³-hybridized carbons (Fsp3) is 0.533. The van der Waals surface area contributed by atoms with Crippen LogP contribution in [0.1, 0.15) is 43.0 Å². The summed E-state index contributed by atoms with van der Waals surface area (Å²) in [6, 6.07) is 5.89. The lowest BCUT2D eigenvalue weighted by Gasteiger charge is -2.25. The molecule has 3 atom stereocenters. The molecule has 0 radical (unpaired) electrons. The van der Waals surface area contributed by atoms with Crippen LogP contribution in [-0.4, -0.2) is 21.0 Å². The third-order valence-electron chi connectivity index (χ3n) is 3.71. The molecular formula is C15H19FO2S. The van der Waals surface area contributed by atoms with E-state index in [2.05, 4.69) is 6.92 Å². The number of halogens is 1. The van der Waals surface area contributed by atoms with E-state index in [1.54, 1.807) is 12.1 Å². The van der Waals surface area contributed by atoms with Crippen LogP contribution in [0.3, 0.4) is 0 Å². The highest BCUT2D eigenvalue weighted by atomic mass is 32.2. The van der Waals surface area contributed by atoms with E-state index in [0.717, 1.165) is 19.3 Å². The zero-order valence-corrected chi connectivity index (χ0v) is 11.9. The molecular weight excluding hydrogens is 263 g/mol. The number of rotatable bonds is 4. The number of hydrogen-bond donors (Lipinski definition) is 0. The zero-order valence-electron chi connectivity index (χ0n) is 11.1. The predicted octanol–water partition coefficient (Wildman–Crippen LogP) is 3.34. The van der Waals surface area contributed by atoms with E-state index in [0.29, 0.717) is 5.92 Å². The molecule has 0 heterocycles. The molecule has 2 nitrogen and oxygen atoms in total. The van der Waals surface area contributed by atoms with Crippen molar-refractivity contribution in [2.75, 3.05) is 5.75 Å². The van der Waals surface area contributed by atoms with Gasteiger partial charge in [0.05, 0.1) is 11.3 Å². The van der Waals surface area contributed by atoms with Gasteiger partial charge in [-0.15, -0.1) is 0 Å². The maximum Gasteiger partial charge on any atom is 0.178 e. The summed E-state index contributed by atoms with van der Waals surface area (Å²) >= 11 is 0. The molecule has 0 aromatic heterocycles. The maximum absolute atomic E-state index is 13.5. The van der Waals surface area contributed by atoms with Crippen LogP contribution < -0.4 is 0 Å². The van der Waals surface area contributed by atoms with Crippen molar-refractivity contribution in [3.8, 4) is 0 Å². The monoisotopic (exact) mass is 282 g/mol. The topological polar surface area (TPSA) is 34.1 Å². The van der Waals surface area contributed by atoms with Gasteiger partial charge in [0.1, 0.15) is 5.82 Å². The summed E-state index contributed by atoms with van der Waals surface area (Å²) in [5, 5.41) is 0.0967. The van der Waals surface area contributed by atoms with Crippen LogP contribution in [0, 0.1) is 11.7 Å². The molecule has 1 aliphatic carbocycles. The largest absolute Gasteiger partial charge is 0.293 e. The molecule has 0 bridgehead atoms. The van der Waals surface area contributed by atoms with Gasteiger partial charge < -0.3 is 0 Å². The Labute approximate surface area is 115 Å². The summed E-state index contributed by atoms with van der Waals surface area (Å²) in [4.78, 5) is 12.0. The molecule has 1 fully saturated rings. The maximum atomic E-state index is 13.5. The fourth-order valence-electron chi connectivity index (χ4n) is 2.63. The normalized spacial score (nSPS) is 24.9. The van der Waals surface area contributed by atoms with Gasteiger partial charge in [0, 0.05) is 16.0 Å². The lowest BCUT2D eigenvalue weighted by Crippen LogP contribution is -2.27. The van der Waals surface area contributed by atoms with E-state index in [4.69, 9.17) is 0 Å². The standard InChI is InChI=1S/C15H19FO2S/c1-11-5-4-6-12(9-11)19(18)10-15(17)13-7-2-3-8-14(13)16/h2-3,7-8,11-12H,4-6,9-10H2,1H3. The Morgan fingerprint density at radius 1 is 1.37 bits per heavy atom. The van der Waals surface area contributed by atoms with E-state index >= 15 is 0 Å². The molecule has 1 saturated carbocycles. The summed E-state index contributed by atoms with van der Waals surface area (Å²) in [5.41, 5.74) is 0.0553. The van der Waals surface area contributed by atoms with Crippen molar-refractivity contribution in [2.45, 2.75) is 37.9 Å². The Kier molecular flexibility index (Phi) is 4.86. The first-order valence-electron chi connectivity index (χ1n) is 6.73. The highest BCUT2D eigenvalue weighted by Crippen LogP contribution is 2.27. The van der Waals surface area contributed by atoms with Gasteiger partial charge >= 0.3 is 0 Å². The van der Waals surface area contributed by atoms with Crippen molar-refractivity contribution < 1.29 is 13.4 Å². The Hall–Kier alpha value is -1.03. The molecule has 104 valence electrons. The molecule has 0 spiro atoms. The number of ketones is 1. The third kappa shape index (κ3) is 3.72. The lowest BCUT2D eigenvalue weighted by atomic mass is 9.91. The lowest BCUT2D eigenvalue weighted by molar-refractivity contribution is 0.101. The van der Waals surface area contributed by atoms with Crippen LogP contribution in [0.15, 0.2) is 24.3 Å². The first-order chi connectivity index (χ1) is 9.08. The molecule has 1 aromatic rings. The second-order valence-corrected chi connectivity index (χ2v) is 7.04. The predicted molar refractivity (Wildman–Crippen MR) is 75.2 cm³/mol. The summed E-state index contributed by atoms with van der Waals surface area (Å²) < 4.78 is 25.7. The summed E-state index contributed by atoms with van der Waals surface area (Å²) in [6.45, 7) is 2.15. The molecule has 1 aliphatic rings. The Bertz CT molecular complexity index is 487. The molecule has 0 aliphatic heterocycles. The molecule has 0 saturated heterocycles. The van der Waals surface area contributed by atoms with Gasteiger partial charge in [-0.2, -0.15) is 0 Å². The molecule has 4 heteroatoms. The van der Waals surface area contributed by atoms with Gasteiger partial charge in [0.15, 0.2) is 5.78 Å². The minimum absolute atomic E-state index is 0.0553. The summed E-state index contributed by atoms with van der Waals surface area (Å²) in [7, 11) is -1.18. The number of hydrogen-bond acceptors (Lipinski definition) is 2. The van der Waals surface area contributed by atoms with E-state index in [9.17, 15) is 13.4 Å². The summed E-state index contributed by atoms with van der Waals surface area (Å²) in [6.07, 6.45) is 4.08. The molecule has 0 amide bonds. The SMILES string of the molecule is CC1CCCC(S(=O)CC(=O)c2ccccc2F)C1. The highest BCUT2D eigenvalue weighted by Gasteiger charge is 2.26. The Morgan fingerprint density at radius 3 is 2.79 bits per heavy atom. The first-order valence-corrected chi connectivity index (χ1v) is 8.11. The van der Waals surface area contributed by atoms with Crippen molar-refractivity contribution in [1.82, 2.24) is 0 Å². The second-order valence-electron chi connectivity index (χ2n) is 5.32. The Balaban J connectivity index is 1.99. The van der Waals surface area contributed by atoms with Crippen molar-refractivity contribution >= 4 is 16.6 Å². The first kappa shape index (κ1) is 14.4. The molecule has 1 aromatic carbocycles. The van der Waals surface area contributed by atoms with Crippen LogP contribution in [-0.2, 0) is 10.8 Å². The molecule has 2 rings (SSSR count). The van der Waals surface area contributed by atoms with E-state index in [-0.39, 0.29) is 22.3 Å². The number of carbonyl (C=O) groups excluding carboxylic acids is 1. The molecule has 19 heavy (non-hydrogen) atoms. The Morgan fingerprint density at radius 2 is 2.11 bits per heavy atom. The van der Waals surface area contributed by atoms with Crippen LogP contribution in [0.4, 0.5) is 4.39 Å². The van der Waals surface area contributed by atoms with E-state index < -0.39 is 16.6 Å². The summed E-state index contributed by atoms with van der Waals surface area (Å²) in [5.74, 6) is -0.361. The van der Waals surface area contributed by atoms with Gasteiger partial charge in [-0.05, 0) is 30.9 Å². The van der Waals surface area contributed by atoms with Crippen molar-refractivity contribution in [1.29, 1.82) is 0 Å². The smallest absolute Gasteiger partial charge is 0.178 e. The van der Waals surface area contributed by atoms with Crippen LogP contribution in [0.2, 0.25) is 0 Å². The average Bonchev–Trinajstić information content (AvgIpc) is 2.39. The zero-order chi connectivity index (χ0) is 13.8. The molecule has 3 unspecified atom stereocenters. The minimum Gasteiger partial charge on any atom is -0.293 e. The van der Waals surface area contributed by atoms with Gasteiger partial charge in [-0.3, -0.25) is 9.00 Å². The average molecular weight is 282 g/mol. The number of carbonyl (C=O) groups is 1. The van der Waals surface area contributed by atoms with Crippen LogP contribution in [0.5, 0.6) is 0 Å². The van der Waals surface area contributed by atoms with E-state index in [1.807, 2.05) is 0 Å². The van der Waals surface area contributed by atoms with E-state index in [1.165, 1.54) is 18.6 Å². The number of benzene rings is 1. The molecule has 0 N–H and O–H groups in total. The van der Waals surface area contributed by atoms with Crippen molar-refractivity contribution in [3.63, 3.8) is 0 Å². The quantitative estimate of drug-likeness (QED) is 0.794. The van der Waals surface area contributed by atoms with Gasteiger partial charge in [0.2, 0.25) is 0 Å². The van der Waals surface area contributed by atoms with Crippen LogP contribution in [0.25, 0.3) is 0 Å². The fourth-order valence-corrected chi connectivity index (χ4v) is 4.25. The van der Waals surface area contributed by atoms with Gasteiger partial charge in [0.25, 0.3) is 0 Å². The second kappa shape index (κ2) is 6.42. The minimum atomic E-state index is -1.18. The number of Topliss-reactive ketones (excluding diaryl/α,β-unsaturated/α-hetero) is 1. The van der Waals surface area contributed by atoms with Crippen molar-refractivity contribution in [3.05, 3.63) is 35.6 Å². The van der Waals surface area contributed by atoms with Crippen molar-refractivity contribution in [2.24, 2.45) is 5.92 Å².